The van der Waals surface area contributed by atoms with Crippen LogP contribution in [0.3, 0.4) is 0 Å². The number of fused-ring (bicyclic) bond motifs is 2. The van der Waals surface area contributed by atoms with Crippen LogP contribution in [0.15, 0.2) is 85.2 Å². The van der Waals surface area contributed by atoms with Crippen molar-refractivity contribution in [3.05, 3.63) is 107 Å². The molecule has 0 aliphatic heterocycles. The maximum atomic E-state index is 12.4. The maximum Gasteiger partial charge on any atom is 0.407 e. The molecule has 2 aromatic heterocycles. The number of rotatable bonds is 14. The van der Waals surface area contributed by atoms with Gasteiger partial charge in [-0.15, -0.1) is 0 Å². The van der Waals surface area contributed by atoms with Crippen LogP contribution in [0, 0.1) is 0 Å². The highest BCUT2D eigenvalue weighted by molar-refractivity contribution is 5.83. The number of para-hydroxylation sites is 2. The minimum absolute atomic E-state index is 0.230. The van der Waals surface area contributed by atoms with Gasteiger partial charge in [0.05, 0.1) is 0 Å². The molecule has 5 rings (SSSR count). The van der Waals surface area contributed by atoms with E-state index >= 15 is 0 Å². The number of aromatic amines is 2. The molecule has 0 atom stereocenters. The standard InChI is InChI=1S/C33H37N5O4/c39-32(37-41)14-13-24-9-11-25(12-10-24)23-38(18-16-27-22-36-31-8-4-2-6-29(27)31)19-20-42-33(40)34-17-15-26-21-35-30-7-3-1-5-28(26)30/h1-12,21-22,35-36,41H,13-20,23H2,(H,34,40)(H,37,39). The Labute approximate surface area is 244 Å². The van der Waals surface area contributed by atoms with E-state index in [4.69, 9.17) is 9.94 Å². The molecule has 9 heteroatoms. The summed E-state index contributed by atoms with van der Waals surface area (Å²) < 4.78 is 5.54. The summed E-state index contributed by atoms with van der Waals surface area (Å²) in [6, 6.07) is 24.5. The largest absolute Gasteiger partial charge is 0.448 e. The normalized spacial score (nSPS) is 11.3. The van der Waals surface area contributed by atoms with Crippen LogP contribution in [0.1, 0.15) is 28.7 Å². The number of H-pyrrole nitrogens is 2. The third kappa shape index (κ3) is 7.78. The topological polar surface area (TPSA) is 122 Å². The van der Waals surface area contributed by atoms with E-state index < -0.39 is 12.0 Å². The third-order valence-electron chi connectivity index (χ3n) is 7.55. The number of aryl methyl sites for hydroxylation is 1. The van der Waals surface area contributed by atoms with Crippen LogP contribution >= 0.6 is 0 Å². The molecule has 0 saturated heterocycles. The number of alkyl carbamates (subject to hydrolysis) is 1. The molecule has 2 amide bonds. The first kappa shape index (κ1) is 28.9. The predicted molar refractivity (Wildman–Crippen MR) is 163 cm³/mol. The van der Waals surface area contributed by atoms with E-state index in [1.165, 1.54) is 16.3 Å². The molecule has 0 saturated carbocycles. The van der Waals surface area contributed by atoms with Crippen LogP contribution in [0.25, 0.3) is 21.8 Å². The molecule has 3 aromatic carbocycles. The van der Waals surface area contributed by atoms with Gasteiger partial charge in [-0.1, -0.05) is 60.7 Å². The minimum atomic E-state index is -0.414. The first-order valence-electron chi connectivity index (χ1n) is 14.3. The molecule has 0 fully saturated rings. The van der Waals surface area contributed by atoms with Crippen LogP contribution in [-0.2, 0) is 35.3 Å². The average molecular weight is 568 g/mol. The van der Waals surface area contributed by atoms with Gasteiger partial charge in [-0.2, -0.15) is 0 Å². The molecular formula is C33H37N5O4. The van der Waals surface area contributed by atoms with Crippen molar-refractivity contribution in [2.45, 2.75) is 32.2 Å². The van der Waals surface area contributed by atoms with Crippen molar-refractivity contribution in [1.29, 1.82) is 0 Å². The van der Waals surface area contributed by atoms with Crippen LogP contribution in [0.2, 0.25) is 0 Å². The molecule has 218 valence electrons. The van der Waals surface area contributed by atoms with Gasteiger partial charge in [-0.25, -0.2) is 10.3 Å². The second-order valence-corrected chi connectivity index (χ2v) is 10.4. The Morgan fingerprint density at radius 3 is 2.05 bits per heavy atom. The zero-order chi connectivity index (χ0) is 29.1. The molecule has 0 spiro atoms. The molecular weight excluding hydrogens is 530 g/mol. The number of hydroxylamine groups is 1. The van der Waals surface area contributed by atoms with E-state index in [0.717, 1.165) is 47.1 Å². The van der Waals surface area contributed by atoms with E-state index in [9.17, 15) is 9.59 Å². The molecule has 0 unspecified atom stereocenters. The Morgan fingerprint density at radius 1 is 0.762 bits per heavy atom. The predicted octanol–water partition coefficient (Wildman–Crippen LogP) is 5.10. The van der Waals surface area contributed by atoms with Crippen molar-refractivity contribution < 1.29 is 19.5 Å². The fourth-order valence-corrected chi connectivity index (χ4v) is 5.23. The smallest absolute Gasteiger partial charge is 0.407 e. The first-order valence-corrected chi connectivity index (χ1v) is 14.3. The van der Waals surface area contributed by atoms with E-state index in [0.29, 0.717) is 26.1 Å². The van der Waals surface area contributed by atoms with Gasteiger partial charge in [0.25, 0.3) is 0 Å². The number of ether oxygens (including phenoxy) is 1. The molecule has 9 nitrogen and oxygen atoms in total. The molecule has 5 N–H and O–H groups in total. The van der Waals surface area contributed by atoms with Crippen LogP contribution < -0.4 is 10.8 Å². The SMILES string of the molecule is O=C(CCc1ccc(CN(CCOC(=O)NCCc2c[nH]c3ccccc23)CCc2c[nH]c3ccccc23)cc1)NO. The second-order valence-electron chi connectivity index (χ2n) is 10.4. The van der Waals surface area contributed by atoms with Gasteiger partial charge in [0, 0.05) is 66.8 Å². The Hall–Kier alpha value is -4.60. The lowest BCUT2D eigenvalue weighted by Crippen LogP contribution is -2.33. The number of amides is 2. The van der Waals surface area contributed by atoms with E-state index in [-0.39, 0.29) is 13.0 Å². The highest BCUT2D eigenvalue weighted by atomic mass is 16.5. The number of hydrogen-bond acceptors (Lipinski definition) is 5. The quantitative estimate of drug-likeness (QED) is 0.0944. The number of nitrogens with zero attached hydrogens (tertiary/aromatic N) is 1. The average Bonchev–Trinajstić information content (AvgIpc) is 3.63. The molecule has 5 aromatic rings. The first-order chi connectivity index (χ1) is 20.6. The summed E-state index contributed by atoms with van der Waals surface area (Å²) in [4.78, 5) is 32.7. The number of nitrogens with one attached hydrogen (secondary N) is 4. The Balaban J connectivity index is 1.13. The fourth-order valence-electron chi connectivity index (χ4n) is 5.23. The Morgan fingerprint density at radius 2 is 1.38 bits per heavy atom. The fraction of sp³-hybridized carbons (Fsp3) is 0.273. The lowest BCUT2D eigenvalue weighted by atomic mass is 10.1. The van der Waals surface area contributed by atoms with Gasteiger partial charge >= 0.3 is 6.09 Å². The highest BCUT2D eigenvalue weighted by Crippen LogP contribution is 2.19. The summed E-state index contributed by atoms with van der Waals surface area (Å²) in [5.74, 6) is -0.399. The van der Waals surface area contributed by atoms with Gasteiger partial charge in [-0.3, -0.25) is 14.9 Å². The monoisotopic (exact) mass is 567 g/mol. The van der Waals surface area contributed by atoms with Crippen molar-refractivity contribution in [2.75, 3.05) is 26.2 Å². The second kappa shape index (κ2) is 14.3. The number of hydrogen-bond donors (Lipinski definition) is 5. The molecule has 0 aliphatic carbocycles. The van der Waals surface area contributed by atoms with Gasteiger partial charge in [0.15, 0.2) is 0 Å². The van der Waals surface area contributed by atoms with Gasteiger partial charge in [0.1, 0.15) is 6.61 Å². The molecule has 2 heterocycles. The molecule has 0 aliphatic rings. The van der Waals surface area contributed by atoms with Crippen molar-refractivity contribution >= 4 is 33.8 Å². The summed E-state index contributed by atoms with van der Waals surface area (Å²) in [6.07, 6.45) is 6.00. The van der Waals surface area contributed by atoms with E-state index in [1.807, 2.05) is 48.7 Å². The summed E-state index contributed by atoms with van der Waals surface area (Å²) >= 11 is 0. The van der Waals surface area contributed by atoms with Crippen molar-refractivity contribution in [1.82, 2.24) is 25.7 Å². The van der Waals surface area contributed by atoms with Crippen LogP contribution in [0.5, 0.6) is 0 Å². The summed E-state index contributed by atoms with van der Waals surface area (Å²) in [7, 11) is 0. The highest BCUT2D eigenvalue weighted by Gasteiger charge is 2.12. The molecule has 42 heavy (non-hydrogen) atoms. The van der Waals surface area contributed by atoms with Gasteiger partial charge in [-0.05, 0) is 53.6 Å². The summed E-state index contributed by atoms with van der Waals surface area (Å²) in [5.41, 5.74) is 8.46. The Kier molecular flexibility index (Phi) is 9.87. The maximum absolute atomic E-state index is 12.4. The zero-order valence-corrected chi connectivity index (χ0v) is 23.6. The molecule has 0 bridgehead atoms. The van der Waals surface area contributed by atoms with Crippen molar-refractivity contribution in [3.8, 4) is 0 Å². The van der Waals surface area contributed by atoms with E-state index in [2.05, 4.69) is 56.7 Å². The van der Waals surface area contributed by atoms with Gasteiger partial charge in [0.2, 0.25) is 5.91 Å². The number of carbonyl (C=O) groups is 2. The van der Waals surface area contributed by atoms with Gasteiger partial charge < -0.3 is 20.0 Å². The summed E-state index contributed by atoms with van der Waals surface area (Å²) in [6.45, 7) is 2.87. The summed E-state index contributed by atoms with van der Waals surface area (Å²) in [5, 5.41) is 14.0. The van der Waals surface area contributed by atoms with Crippen LogP contribution in [0.4, 0.5) is 4.79 Å². The third-order valence-corrected chi connectivity index (χ3v) is 7.55. The van der Waals surface area contributed by atoms with E-state index in [1.54, 1.807) is 5.48 Å². The molecule has 0 radical (unpaired) electrons. The van der Waals surface area contributed by atoms with Crippen molar-refractivity contribution in [3.63, 3.8) is 0 Å². The lowest BCUT2D eigenvalue weighted by molar-refractivity contribution is -0.129. The van der Waals surface area contributed by atoms with Crippen molar-refractivity contribution in [2.24, 2.45) is 0 Å². The minimum Gasteiger partial charge on any atom is -0.448 e. The number of benzene rings is 3. The lowest BCUT2D eigenvalue weighted by Gasteiger charge is -2.22. The Bertz CT molecular complexity index is 1610. The number of aromatic nitrogens is 2. The van der Waals surface area contributed by atoms with Crippen LogP contribution in [-0.4, -0.2) is 58.3 Å². The zero-order valence-electron chi connectivity index (χ0n) is 23.6. The number of carbonyl (C=O) groups excluding carboxylic acids is 2.